The van der Waals surface area contributed by atoms with Crippen LogP contribution in [0.1, 0.15) is 29.9 Å². The molecule has 1 aliphatic carbocycles. The number of amides is 2. The summed E-state index contributed by atoms with van der Waals surface area (Å²) in [5.74, 6) is -3.14. The first-order valence-electron chi connectivity index (χ1n) is 10.8. The lowest BCUT2D eigenvalue weighted by molar-refractivity contribution is -0.142. The SMILES string of the molecule is O=C(O)CC(NC(=O)OCC1c2ccccc2-c2ccccc21)C(=O)N1CCC(C(F)F)C1. The molecule has 2 aromatic carbocycles. The van der Waals surface area contributed by atoms with Crippen molar-refractivity contribution in [3.8, 4) is 11.1 Å². The molecule has 174 valence electrons. The molecule has 0 spiro atoms. The zero-order valence-electron chi connectivity index (χ0n) is 17.7. The van der Waals surface area contributed by atoms with Gasteiger partial charge < -0.3 is 20.1 Å². The average Bonchev–Trinajstić information content (AvgIpc) is 3.40. The molecule has 1 saturated heterocycles. The largest absolute Gasteiger partial charge is 0.481 e. The van der Waals surface area contributed by atoms with E-state index in [1.54, 1.807) is 0 Å². The number of alkyl carbamates (subject to hydrolysis) is 1. The summed E-state index contributed by atoms with van der Waals surface area (Å²) in [6.07, 6.45) is -4.02. The molecule has 2 atom stereocenters. The van der Waals surface area contributed by atoms with Gasteiger partial charge in [-0.2, -0.15) is 0 Å². The molecule has 1 aliphatic heterocycles. The summed E-state index contributed by atoms with van der Waals surface area (Å²) in [5.41, 5.74) is 4.15. The number of alkyl halides is 2. The van der Waals surface area contributed by atoms with Crippen LogP contribution in [0.3, 0.4) is 0 Å². The van der Waals surface area contributed by atoms with E-state index in [0.717, 1.165) is 22.3 Å². The van der Waals surface area contributed by atoms with Crippen LogP contribution in [-0.2, 0) is 14.3 Å². The number of likely N-dealkylation sites (tertiary alicyclic amines) is 1. The highest BCUT2D eigenvalue weighted by Gasteiger charge is 2.36. The first kappa shape index (κ1) is 22.7. The average molecular weight is 458 g/mol. The normalized spacial score (nSPS) is 18.0. The Labute approximate surface area is 189 Å². The molecular weight excluding hydrogens is 434 g/mol. The van der Waals surface area contributed by atoms with Gasteiger partial charge in [0.25, 0.3) is 0 Å². The Hall–Kier alpha value is -3.49. The Balaban J connectivity index is 1.41. The number of carboxylic acids is 1. The maximum Gasteiger partial charge on any atom is 0.407 e. The predicted molar refractivity (Wildman–Crippen MR) is 115 cm³/mol. The highest BCUT2D eigenvalue weighted by molar-refractivity contribution is 5.89. The van der Waals surface area contributed by atoms with Gasteiger partial charge in [-0.25, -0.2) is 13.6 Å². The van der Waals surface area contributed by atoms with E-state index in [1.165, 1.54) is 4.90 Å². The third-order valence-corrected chi connectivity index (χ3v) is 6.21. The number of carboxylic acid groups (broad SMARTS) is 1. The summed E-state index contributed by atoms with van der Waals surface area (Å²) in [6, 6.07) is 14.2. The summed E-state index contributed by atoms with van der Waals surface area (Å²) in [7, 11) is 0. The number of halogens is 2. The topological polar surface area (TPSA) is 95.9 Å². The van der Waals surface area contributed by atoms with Crippen LogP contribution in [0, 0.1) is 5.92 Å². The third kappa shape index (κ3) is 4.81. The van der Waals surface area contributed by atoms with E-state index in [4.69, 9.17) is 9.84 Å². The molecule has 0 saturated carbocycles. The summed E-state index contributed by atoms with van der Waals surface area (Å²) in [4.78, 5) is 37.6. The number of carbonyl (C=O) groups excluding carboxylic acids is 2. The molecule has 9 heteroatoms. The zero-order valence-corrected chi connectivity index (χ0v) is 17.7. The number of fused-ring (bicyclic) bond motifs is 3. The molecule has 1 heterocycles. The Morgan fingerprint density at radius 1 is 1.06 bits per heavy atom. The summed E-state index contributed by atoms with van der Waals surface area (Å²) in [6.45, 7) is -0.0691. The smallest absolute Gasteiger partial charge is 0.407 e. The molecule has 4 rings (SSSR count). The Morgan fingerprint density at radius 3 is 2.21 bits per heavy atom. The van der Waals surface area contributed by atoms with Crippen LogP contribution < -0.4 is 5.32 Å². The van der Waals surface area contributed by atoms with Gasteiger partial charge in [0.2, 0.25) is 12.3 Å². The number of aliphatic carboxylic acids is 1. The van der Waals surface area contributed by atoms with Crippen molar-refractivity contribution in [2.24, 2.45) is 5.92 Å². The van der Waals surface area contributed by atoms with Crippen molar-refractivity contribution in [1.82, 2.24) is 10.2 Å². The van der Waals surface area contributed by atoms with Gasteiger partial charge in [0.05, 0.1) is 6.42 Å². The van der Waals surface area contributed by atoms with E-state index >= 15 is 0 Å². The van der Waals surface area contributed by atoms with Crippen molar-refractivity contribution >= 4 is 18.0 Å². The van der Waals surface area contributed by atoms with Crippen LogP contribution in [0.2, 0.25) is 0 Å². The molecule has 2 aromatic rings. The second-order valence-corrected chi connectivity index (χ2v) is 8.29. The maximum atomic E-state index is 12.9. The molecule has 2 unspecified atom stereocenters. The number of nitrogens with zero attached hydrogens (tertiary/aromatic N) is 1. The van der Waals surface area contributed by atoms with E-state index in [9.17, 15) is 23.2 Å². The number of nitrogens with one attached hydrogen (secondary N) is 1. The van der Waals surface area contributed by atoms with Crippen molar-refractivity contribution in [2.75, 3.05) is 19.7 Å². The summed E-state index contributed by atoms with van der Waals surface area (Å²) in [5, 5.41) is 11.5. The van der Waals surface area contributed by atoms with Gasteiger partial charge in [0, 0.05) is 24.9 Å². The third-order valence-electron chi connectivity index (χ3n) is 6.21. The minimum Gasteiger partial charge on any atom is -0.481 e. The second-order valence-electron chi connectivity index (χ2n) is 8.29. The van der Waals surface area contributed by atoms with Gasteiger partial charge in [0.15, 0.2) is 0 Å². The number of ether oxygens (including phenoxy) is 1. The van der Waals surface area contributed by atoms with Gasteiger partial charge in [-0.05, 0) is 28.7 Å². The fraction of sp³-hybridized carbons (Fsp3) is 0.375. The highest BCUT2D eigenvalue weighted by atomic mass is 19.3. The summed E-state index contributed by atoms with van der Waals surface area (Å²) >= 11 is 0. The Kier molecular flexibility index (Phi) is 6.57. The fourth-order valence-corrected chi connectivity index (χ4v) is 4.57. The molecule has 2 aliphatic rings. The van der Waals surface area contributed by atoms with Gasteiger partial charge in [-0.15, -0.1) is 0 Å². The maximum absolute atomic E-state index is 12.9. The van der Waals surface area contributed by atoms with Gasteiger partial charge in [0.1, 0.15) is 12.6 Å². The van der Waals surface area contributed by atoms with E-state index in [0.29, 0.717) is 0 Å². The number of rotatable bonds is 7. The highest BCUT2D eigenvalue weighted by Crippen LogP contribution is 2.44. The molecular formula is C24H24F2N2O5. The van der Waals surface area contributed by atoms with Crippen molar-refractivity contribution in [2.45, 2.75) is 31.2 Å². The molecule has 0 bridgehead atoms. The van der Waals surface area contributed by atoms with Crippen LogP contribution in [0.25, 0.3) is 11.1 Å². The predicted octanol–water partition coefficient (Wildman–Crippen LogP) is 3.48. The first-order valence-corrected chi connectivity index (χ1v) is 10.8. The van der Waals surface area contributed by atoms with Gasteiger partial charge in [-0.3, -0.25) is 9.59 Å². The van der Waals surface area contributed by atoms with E-state index in [-0.39, 0.29) is 32.0 Å². The minimum atomic E-state index is -2.56. The number of hydrogen-bond donors (Lipinski definition) is 2. The monoisotopic (exact) mass is 458 g/mol. The molecule has 2 amide bonds. The number of carbonyl (C=O) groups is 3. The van der Waals surface area contributed by atoms with E-state index in [1.807, 2.05) is 48.5 Å². The van der Waals surface area contributed by atoms with Crippen molar-refractivity contribution < 1.29 is 33.0 Å². The van der Waals surface area contributed by atoms with Crippen LogP contribution in [0.4, 0.5) is 13.6 Å². The standard InChI is InChI=1S/C24H24F2N2O5/c25-22(26)14-9-10-28(12-14)23(31)20(11-21(29)30)27-24(32)33-13-19-17-7-3-1-5-15(17)16-6-2-4-8-18(16)19/h1-8,14,19-20,22H,9-13H2,(H,27,32)(H,29,30). The Morgan fingerprint density at radius 2 is 1.67 bits per heavy atom. The first-order chi connectivity index (χ1) is 15.8. The lowest BCUT2D eigenvalue weighted by Gasteiger charge is -2.23. The quantitative estimate of drug-likeness (QED) is 0.662. The van der Waals surface area contributed by atoms with Crippen LogP contribution in [0.15, 0.2) is 48.5 Å². The number of hydrogen-bond acceptors (Lipinski definition) is 4. The van der Waals surface area contributed by atoms with Crippen LogP contribution in [0.5, 0.6) is 0 Å². The second kappa shape index (κ2) is 9.56. The van der Waals surface area contributed by atoms with E-state index < -0.39 is 42.8 Å². The lowest BCUT2D eigenvalue weighted by Crippen LogP contribution is -2.49. The lowest BCUT2D eigenvalue weighted by atomic mass is 9.98. The zero-order chi connectivity index (χ0) is 23.5. The molecule has 2 N–H and O–H groups in total. The fourth-order valence-electron chi connectivity index (χ4n) is 4.57. The molecule has 33 heavy (non-hydrogen) atoms. The number of benzene rings is 2. The summed E-state index contributed by atoms with van der Waals surface area (Å²) < 4.78 is 31.3. The van der Waals surface area contributed by atoms with Crippen LogP contribution >= 0.6 is 0 Å². The van der Waals surface area contributed by atoms with Crippen LogP contribution in [-0.4, -0.2) is 60.1 Å². The molecule has 0 radical (unpaired) electrons. The molecule has 0 aromatic heterocycles. The minimum absolute atomic E-state index is 0.00497. The molecule has 7 nitrogen and oxygen atoms in total. The van der Waals surface area contributed by atoms with Crippen molar-refractivity contribution in [3.63, 3.8) is 0 Å². The Bertz CT molecular complexity index is 1020. The van der Waals surface area contributed by atoms with Gasteiger partial charge >= 0.3 is 12.1 Å². The van der Waals surface area contributed by atoms with Crippen molar-refractivity contribution in [1.29, 1.82) is 0 Å². The molecule has 1 fully saturated rings. The van der Waals surface area contributed by atoms with E-state index in [2.05, 4.69) is 5.32 Å². The van der Waals surface area contributed by atoms with Gasteiger partial charge in [-0.1, -0.05) is 48.5 Å². The van der Waals surface area contributed by atoms with Crippen molar-refractivity contribution in [3.05, 3.63) is 59.7 Å².